The summed E-state index contributed by atoms with van der Waals surface area (Å²) in [7, 11) is 0. The van der Waals surface area contributed by atoms with Crippen molar-refractivity contribution in [2.24, 2.45) is 0 Å². The number of non-ortho nitro benzene ring substituents is 1. The highest BCUT2D eigenvalue weighted by Crippen LogP contribution is 2.35. The summed E-state index contributed by atoms with van der Waals surface area (Å²) in [5, 5.41) is 14.9. The zero-order valence-corrected chi connectivity index (χ0v) is 17.0. The summed E-state index contributed by atoms with van der Waals surface area (Å²) in [6.07, 6.45) is 2.83. The van der Waals surface area contributed by atoms with Gasteiger partial charge in [-0.2, -0.15) is 0 Å². The Hall–Kier alpha value is -3.55. The van der Waals surface area contributed by atoms with Crippen LogP contribution in [0.4, 0.5) is 11.4 Å². The van der Waals surface area contributed by atoms with Crippen LogP contribution >= 0.6 is 22.9 Å². The number of nitrogens with one attached hydrogen (secondary N) is 1. The summed E-state index contributed by atoms with van der Waals surface area (Å²) >= 11 is 7.98. The van der Waals surface area contributed by atoms with E-state index in [1.165, 1.54) is 24.3 Å². The van der Waals surface area contributed by atoms with Crippen molar-refractivity contribution in [1.29, 1.82) is 0 Å². The second-order valence-electron chi connectivity index (χ2n) is 6.36. The van der Waals surface area contributed by atoms with Crippen LogP contribution in [0.3, 0.4) is 0 Å². The van der Waals surface area contributed by atoms with E-state index >= 15 is 0 Å². The number of aromatic nitrogens is 1. The van der Waals surface area contributed by atoms with Crippen molar-refractivity contribution in [3.05, 3.63) is 93.5 Å². The molecule has 0 aliphatic carbocycles. The molecule has 0 radical (unpaired) electrons. The summed E-state index contributed by atoms with van der Waals surface area (Å²) in [6.45, 7) is 0. The SMILES string of the molecule is O=C(/C=C/c1cccc([N+](=O)[O-])c1)Nc1ccc(-c2nc3ccccc3s2)c(Cl)c1. The highest BCUT2D eigenvalue weighted by atomic mass is 35.5. The van der Waals surface area contributed by atoms with Crippen LogP contribution in [0.15, 0.2) is 72.8 Å². The molecule has 148 valence electrons. The van der Waals surface area contributed by atoms with Gasteiger partial charge in [0.05, 0.1) is 20.2 Å². The molecule has 1 heterocycles. The highest BCUT2D eigenvalue weighted by molar-refractivity contribution is 7.21. The maximum absolute atomic E-state index is 12.2. The first-order valence-electron chi connectivity index (χ1n) is 8.88. The third kappa shape index (κ3) is 4.37. The number of rotatable bonds is 5. The van der Waals surface area contributed by atoms with Gasteiger partial charge in [-0.15, -0.1) is 11.3 Å². The molecule has 0 saturated carbocycles. The van der Waals surface area contributed by atoms with Crippen molar-refractivity contribution in [2.45, 2.75) is 0 Å². The van der Waals surface area contributed by atoms with E-state index in [0.29, 0.717) is 16.3 Å². The number of anilines is 1. The zero-order valence-electron chi connectivity index (χ0n) is 15.4. The van der Waals surface area contributed by atoms with Crippen LogP contribution in [0, 0.1) is 10.1 Å². The number of thiazole rings is 1. The molecule has 0 fully saturated rings. The number of fused-ring (bicyclic) bond motifs is 1. The molecule has 0 spiro atoms. The molecule has 1 N–H and O–H groups in total. The molecule has 8 heteroatoms. The third-order valence-electron chi connectivity index (χ3n) is 4.27. The van der Waals surface area contributed by atoms with Gasteiger partial charge < -0.3 is 5.32 Å². The monoisotopic (exact) mass is 435 g/mol. The molecular formula is C22H14ClN3O3S. The van der Waals surface area contributed by atoms with Crippen molar-refractivity contribution in [3.8, 4) is 10.6 Å². The maximum Gasteiger partial charge on any atom is 0.270 e. The zero-order chi connectivity index (χ0) is 21.1. The minimum absolute atomic E-state index is 0.0326. The molecular weight excluding hydrogens is 422 g/mol. The molecule has 1 amide bonds. The van der Waals surface area contributed by atoms with Crippen molar-refractivity contribution >= 4 is 56.5 Å². The Morgan fingerprint density at radius 3 is 2.70 bits per heavy atom. The van der Waals surface area contributed by atoms with Gasteiger partial charge in [0, 0.05) is 29.5 Å². The number of amides is 1. The first-order valence-corrected chi connectivity index (χ1v) is 10.1. The van der Waals surface area contributed by atoms with Gasteiger partial charge in [0.25, 0.3) is 5.69 Å². The van der Waals surface area contributed by atoms with Crippen molar-refractivity contribution in [2.75, 3.05) is 5.32 Å². The molecule has 0 saturated heterocycles. The minimum Gasteiger partial charge on any atom is -0.322 e. The molecule has 3 aromatic carbocycles. The van der Waals surface area contributed by atoms with Crippen molar-refractivity contribution in [3.63, 3.8) is 0 Å². The molecule has 0 aliphatic heterocycles. The van der Waals surface area contributed by atoms with Crippen LogP contribution in [0.1, 0.15) is 5.56 Å². The van der Waals surface area contributed by atoms with Crippen molar-refractivity contribution < 1.29 is 9.72 Å². The van der Waals surface area contributed by atoms with E-state index < -0.39 is 4.92 Å². The average Bonchev–Trinajstić information content (AvgIpc) is 3.16. The van der Waals surface area contributed by atoms with Crippen LogP contribution in [0.2, 0.25) is 5.02 Å². The number of benzene rings is 3. The third-order valence-corrected chi connectivity index (χ3v) is 5.65. The van der Waals surface area contributed by atoms with Gasteiger partial charge in [-0.1, -0.05) is 35.9 Å². The number of nitro groups is 1. The van der Waals surface area contributed by atoms with Crippen LogP contribution in [0.5, 0.6) is 0 Å². The number of para-hydroxylation sites is 1. The number of hydrogen-bond donors (Lipinski definition) is 1. The fourth-order valence-corrected chi connectivity index (χ4v) is 4.18. The van der Waals surface area contributed by atoms with Crippen LogP contribution in [-0.2, 0) is 4.79 Å². The molecule has 6 nitrogen and oxygen atoms in total. The standard InChI is InChI=1S/C22H14ClN3O3S/c23-18-13-15(9-10-17(18)22-25-19-6-1-2-7-20(19)30-22)24-21(27)11-8-14-4-3-5-16(12-14)26(28)29/h1-13H,(H,24,27)/b11-8+. The van der Waals surface area contributed by atoms with Gasteiger partial charge in [-0.05, 0) is 42.0 Å². The quantitative estimate of drug-likeness (QED) is 0.230. The summed E-state index contributed by atoms with van der Waals surface area (Å²) < 4.78 is 1.08. The fourth-order valence-electron chi connectivity index (χ4n) is 2.85. The lowest BCUT2D eigenvalue weighted by molar-refractivity contribution is -0.384. The second-order valence-corrected chi connectivity index (χ2v) is 7.79. The lowest BCUT2D eigenvalue weighted by Gasteiger charge is -2.06. The van der Waals surface area contributed by atoms with Crippen molar-refractivity contribution in [1.82, 2.24) is 4.98 Å². The highest BCUT2D eigenvalue weighted by Gasteiger charge is 2.11. The molecule has 0 bridgehead atoms. The summed E-state index contributed by atoms with van der Waals surface area (Å²) in [5.74, 6) is -0.370. The molecule has 0 unspecified atom stereocenters. The number of halogens is 1. The Morgan fingerprint density at radius 1 is 1.10 bits per heavy atom. The molecule has 30 heavy (non-hydrogen) atoms. The molecule has 1 aromatic heterocycles. The number of carbonyl (C=O) groups is 1. The second kappa shape index (κ2) is 8.44. The number of carbonyl (C=O) groups excluding carboxylic acids is 1. The van der Waals surface area contributed by atoms with E-state index in [-0.39, 0.29) is 11.6 Å². The van der Waals surface area contributed by atoms with Gasteiger partial charge in [0.1, 0.15) is 5.01 Å². The Kier molecular flexibility index (Phi) is 5.56. The molecule has 0 aliphatic rings. The lowest BCUT2D eigenvalue weighted by atomic mass is 10.2. The van der Waals surface area contributed by atoms with Gasteiger partial charge in [-0.3, -0.25) is 14.9 Å². The van der Waals surface area contributed by atoms with Gasteiger partial charge in [0.15, 0.2) is 0 Å². The normalized spacial score (nSPS) is 11.1. The van der Waals surface area contributed by atoms with Gasteiger partial charge in [0.2, 0.25) is 5.91 Å². The van der Waals surface area contributed by atoms with Gasteiger partial charge >= 0.3 is 0 Å². The molecule has 4 rings (SSSR count). The number of nitro benzene ring substituents is 1. The van der Waals surface area contributed by atoms with Crippen LogP contribution in [-0.4, -0.2) is 15.8 Å². The Labute approximate surface area is 180 Å². The summed E-state index contributed by atoms with van der Waals surface area (Å²) in [6, 6.07) is 19.1. The van der Waals surface area contributed by atoms with E-state index in [2.05, 4.69) is 10.3 Å². The first-order chi connectivity index (χ1) is 14.5. The Morgan fingerprint density at radius 2 is 1.93 bits per heavy atom. The molecule has 0 atom stereocenters. The van der Waals surface area contributed by atoms with E-state index in [4.69, 9.17) is 11.6 Å². The number of nitrogens with zero attached hydrogens (tertiary/aromatic N) is 2. The lowest BCUT2D eigenvalue weighted by Crippen LogP contribution is -2.07. The van der Waals surface area contributed by atoms with Crippen LogP contribution < -0.4 is 5.32 Å². The molecule has 4 aromatic rings. The Balaban J connectivity index is 1.48. The first kappa shape index (κ1) is 19.8. The maximum atomic E-state index is 12.2. The van der Waals surface area contributed by atoms with Crippen LogP contribution in [0.25, 0.3) is 26.9 Å². The van der Waals surface area contributed by atoms with E-state index in [0.717, 1.165) is 20.8 Å². The predicted molar refractivity (Wildman–Crippen MR) is 121 cm³/mol. The van der Waals surface area contributed by atoms with Gasteiger partial charge in [-0.25, -0.2) is 4.98 Å². The summed E-state index contributed by atoms with van der Waals surface area (Å²) in [5.41, 5.74) is 2.78. The predicted octanol–water partition coefficient (Wildman–Crippen LogP) is 6.18. The Bertz CT molecular complexity index is 1270. The fraction of sp³-hybridized carbons (Fsp3) is 0. The smallest absolute Gasteiger partial charge is 0.270 e. The summed E-state index contributed by atoms with van der Waals surface area (Å²) in [4.78, 5) is 27.2. The topological polar surface area (TPSA) is 85.1 Å². The largest absolute Gasteiger partial charge is 0.322 e. The average molecular weight is 436 g/mol. The minimum atomic E-state index is -0.480. The van der Waals surface area contributed by atoms with E-state index in [1.54, 1.807) is 35.6 Å². The van der Waals surface area contributed by atoms with E-state index in [1.807, 2.05) is 30.3 Å². The number of hydrogen-bond acceptors (Lipinski definition) is 5. The van der Waals surface area contributed by atoms with E-state index in [9.17, 15) is 14.9 Å².